The molecule has 14 heavy (non-hydrogen) atoms. The molecule has 1 aliphatic rings. The smallest absolute Gasteiger partial charge is 0.226 e. The molecule has 2 rings (SSSR count). The van der Waals surface area contributed by atoms with Crippen LogP contribution in [0, 0.1) is 0 Å². The van der Waals surface area contributed by atoms with Gasteiger partial charge in [0, 0.05) is 25.6 Å². The van der Waals surface area contributed by atoms with Gasteiger partial charge in [-0.1, -0.05) is 12.1 Å². The first kappa shape index (κ1) is 9.61. The molecule has 0 radical (unpaired) electrons. The quantitative estimate of drug-likeness (QED) is 0.746. The summed E-state index contributed by atoms with van der Waals surface area (Å²) in [6, 6.07) is 0.313. The Morgan fingerprint density at radius 3 is 3.07 bits per heavy atom. The van der Waals surface area contributed by atoms with Gasteiger partial charge in [0.2, 0.25) is 5.89 Å². The molecule has 1 saturated heterocycles. The monoisotopic (exact) mass is 196 g/mol. The molecule has 2 N–H and O–H groups in total. The first-order chi connectivity index (χ1) is 6.78. The van der Waals surface area contributed by atoms with E-state index in [1.54, 1.807) is 0 Å². The summed E-state index contributed by atoms with van der Waals surface area (Å²) in [5.74, 6) is 1.49. The standard InChI is InChI=1S/C9H16N4O/c1-2-9-11-8(12-14-9)6-13-4-3-7(10)5-13/h7H,2-6,10H2,1H3/t7-/m0/s1. The van der Waals surface area contributed by atoms with Crippen LogP contribution in [0.3, 0.4) is 0 Å². The van der Waals surface area contributed by atoms with Gasteiger partial charge in [0.1, 0.15) is 0 Å². The van der Waals surface area contributed by atoms with Gasteiger partial charge in [0.15, 0.2) is 5.82 Å². The molecule has 0 amide bonds. The van der Waals surface area contributed by atoms with Gasteiger partial charge in [-0.25, -0.2) is 0 Å². The van der Waals surface area contributed by atoms with E-state index in [4.69, 9.17) is 10.3 Å². The summed E-state index contributed by atoms with van der Waals surface area (Å²) < 4.78 is 5.03. The second kappa shape index (κ2) is 4.06. The minimum atomic E-state index is 0.313. The minimum absolute atomic E-state index is 0.313. The third-order valence-electron chi connectivity index (χ3n) is 2.49. The Kier molecular flexibility index (Phi) is 2.79. The van der Waals surface area contributed by atoms with Crippen LogP contribution in [0.15, 0.2) is 4.52 Å². The number of nitrogens with zero attached hydrogens (tertiary/aromatic N) is 3. The number of hydrogen-bond acceptors (Lipinski definition) is 5. The maximum Gasteiger partial charge on any atom is 0.226 e. The fraction of sp³-hybridized carbons (Fsp3) is 0.778. The maximum absolute atomic E-state index is 5.80. The van der Waals surface area contributed by atoms with Crippen molar-refractivity contribution in [1.29, 1.82) is 0 Å². The summed E-state index contributed by atoms with van der Waals surface area (Å²) in [6.07, 6.45) is 1.87. The third-order valence-corrected chi connectivity index (χ3v) is 2.49. The summed E-state index contributed by atoms with van der Waals surface area (Å²) in [5.41, 5.74) is 5.80. The molecule has 5 heteroatoms. The second-order valence-corrected chi connectivity index (χ2v) is 3.74. The Labute approximate surface area is 83.3 Å². The van der Waals surface area contributed by atoms with Gasteiger partial charge in [0.25, 0.3) is 0 Å². The number of nitrogens with two attached hydrogens (primary N) is 1. The van der Waals surface area contributed by atoms with Gasteiger partial charge in [-0.3, -0.25) is 4.90 Å². The average molecular weight is 196 g/mol. The van der Waals surface area contributed by atoms with Crippen molar-refractivity contribution in [3.8, 4) is 0 Å². The van der Waals surface area contributed by atoms with E-state index in [1.165, 1.54) is 0 Å². The van der Waals surface area contributed by atoms with E-state index < -0.39 is 0 Å². The molecule has 0 aliphatic carbocycles. The molecule has 0 spiro atoms. The molecule has 5 nitrogen and oxygen atoms in total. The average Bonchev–Trinajstić information content (AvgIpc) is 2.76. The molecule has 78 valence electrons. The van der Waals surface area contributed by atoms with Crippen LogP contribution >= 0.6 is 0 Å². The molecule has 0 unspecified atom stereocenters. The van der Waals surface area contributed by atoms with Gasteiger partial charge < -0.3 is 10.3 Å². The number of hydrogen-bond donors (Lipinski definition) is 1. The van der Waals surface area contributed by atoms with Crippen LogP contribution in [-0.4, -0.2) is 34.2 Å². The van der Waals surface area contributed by atoms with Crippen LogP contribution in [0.25, 0.3) is 0 Å². The molecule has 0 aromatic carbocycles. The van der Waals surface area contributed by atoms with Crippen LogP contribution < -0.4 is 5.73 Å². The predicted molar refractivity (Wildman–Crippen MR) is 51.5 cm³/mol. The van der Waals surface area contributed by atoms with E-state index in [0.29, 0.717) is 11.9 Å². The molecular formula is C9H16N4O. The second-order valence-electron chi connectivity index (χ2n) is 3.74. The van der Waals surface area contributed by atoms with E-state index in [1.807, 2.05) is 6.92 Å². The molecule has 0 bridgehead atoms. The topological polar surface area (TPSA) is 68.2 Å². The molecule has 1 fully saturated rings. The van der Waals surface area contributed by atoms with Crippen molar-refractivity contribution in [1.82, 2.24) is 15.0 Å². The number of aromatic nitrogens is 2. The van der Waals surface area contributed by atoms with Crippen molar-refractivity contribution in [2.75, 3.05) is 13.1 Å². The van der Waals surface area contributed by atoms with Crippen molar-refractivity contribution < 1.29 is 4.52 Å². The number of likely N-dealkylation sites (tertiary alicyclic amines) is 1. The maximum atomic E-state index is 5.80. The van der Waals surface area contributed by atoms with Crippen molar-refractivity contribution >= 4 is 0 Å². The number of aryl methyl sites for hydroxylation is 1. The highest BCUT2D eigenvalue weighted by Gasteiger charge is 2.20. The Hall–Kier alpha value is -0.940. The van der Waals surface area contributed by atoms with Gasteiger partial charge in [-0.2, -0.15) is 4.98 Å². The zero-order valence-corrected chi connectivity index (χ0v) is 8.44. The molecule has 1 atom stereocenters. The Morgan fingerprint density at radius 1 is 1.64 bits per heavy atom. The highest BCUT2D eigenvalue weighted by atomic mass is 16.5. The van der Waals surface area contributed by atoms with Crippen LogP contribution in [0.5, 0.6) is 0 Å². The van der Waals surface area contributed by atoms with Crippen molar-refractivity contribution in [2.24, 2.45) is 5.73 Å². The van der Waals surface area contributed by atoms with E-state index in [2.05, 4.69) is 15.0 Å². The van der Waals surface area contributed by atoms with Crippen LogP contribution in [0.1, 0.15) is 25.1 Å². The van der Waals surface area contributed by atoms with Crippen LogP contribution in [0.4, 0.5) is 0 Å². The van der Waals surface area contributed by atoms with Crippen LogP contribution in [-0.2, 0) is 13.0 Å². The highest BCUT2D eigenvalue weighted by Crippen LogP contribution is 2.10. The summed E-state index contributed by atoms with van der Waals surface area (Å²) in [4.78, 5) is 6.52. The lowest BCUT2D eigenvalue weighted by molar-refractivity contribution is 0.306. The zero-order chi connectivity index (χ0) is 9.97. The minimum Gasteiger partial charge on any atom is -0.339 e. The van der Waals surface area contributed by atoms with E-state index in [9.17, 15) is 0 Å². The lowest BCUT2D eigenvalue weighted by Gasteiger charge is -2.11. The molecule has 1 aromatic heterocycles. The number of rotatable bonds is 3. The van der Waals surface area contributed by atoms with E-state index in [-0.39, 0.29) is 0 Å². The molecule has 2 heterocycles. The van der Waals surface area contributed by atoms with Crippen molar-refractivity contribution in [3.63, 3.8) is 0 Å². The summed E-state index contributed by atoms with van der Waals surface area (Å²) >= 11 is 0. The van der Waals surface area contributed by atoms with Gasteiger partial charge in [-0.15, -0.1) is 0 Å². The SMILES string of the molecule is CCc1nc(CN2CC[C@H](N)C2)no1. The van der Waals surface area contributed by atoms with E-state index >= 15 is 0 Å². The van der Waals surface area contributed by atoms with Gasteiger partial charge in [-0.05, 0) is 6.42 Å². The lowest BCUT2D eigenvalue weighted by Crippen LogP contribution is -2.26. The Bertz CT molecular complexity index is 299. The van der Waals surface area contributed by atoms with Crippen molar-refractivity contribution in [2.45, 2.75) is 32.4 Å². The predicted octanol–water partition coefficient (Wildman–Crippen LogP) is 0.165. The molecule has 1 aromatic rings. The third kappa shape index (κ3) is 2.10. The first-order valence-corrected chi connectivity index (χ1v) is 5.07. The first-order valence-electron chi connectivity index (χ1n) is 5.07. The molecular weight excluding hydrogens is 180 g/mol. The fourth-order valence-electron chi connectivity index (χ4n) is 1.70. The Morgan fingerprint density at radius 2 is 2.50 bits per heavy atom. The lowest BCUT2D eigenvalue weighted by atomic mass is 10.3. The normalized spacial score (nSPS) is 23.1. The van der Waals surface area contributed by atoms with Gasteiger partial charge in [0.05, 0.1) is 6.54 Å². The Balaban J connectivity index is 1.90. The van der Waals surface area contributed by atoms with Gasteiger partial charge >= 0.3 is 0 Å². The highest BCUT2D eigenvalue weighted by molar-refractivity contribution is 4.88. The summed E-state index contributed by atoms with van der Waals surface area (Å²) in [5, 5.41) is 3.91. The zero-order valence-electron chi connectivity index (χ0n) is 8.44. The van der Waals surface area contributed by atoms with E-state index in [0.717, 1.165) is 38.3 Å². The fourth-order valence-corrected chi connectivity index (χ4v) is 1.70. The van der Waals surface area contributed by atoms with Crippen LogP contribution in [0.2, 0.25) is 0 Å². The largest absolute Gasteiger partial charge is 0.339 e. The molecule has 1 aliphatic heterocycles. The van der Waals surface area contributed by atoms with Crippen molar-refractivity contribution in [3.05, 3.63) is 11.7 Å². The summed E-state index contributed by atoms with van der Waals surface area (Å²) in [7, 11) is 0. The molecule has 0 saturated carbocycles. The summed E-state index contributed by atoms with van der Waals surface area (Å²) in [6.45, 7) is 4.74.